The predicted octanol–water partition coefficient (Wildman–Crippen LogP) is 1.30. The minimum atomic E-state index is 0.0183. The molecule has 2 heterocycles. The van der Waals surface area contributed by atoms with Crippen molar-refractivity contribution >= 4 is 5.91 Å². The summed E-state index contributed by atoms with van der Waals surface area (Å²) in [6.45, 7) is 0.639. The van der Waals surface area contributed by atoms with E-state index in [1.165, 1.54) is 25.7 Å². The van der Waals surface area contributed by atoms with E-state index in [1.54, 1.807) is 4.68 Å². The van der Waals surface area contributed by atoms with Crippen LogP contribution in [0.5, 0.6) is 0 Å². The zero-order valence-corrected chi connectivity index (χ0v) is 12.4. The van der Waals surface area contributed by atoms with Crippen molar-refractivity contribution in [3.63, 3.8) is 0 Å². The molecule has 1 saturated heterocycles. The van der Waals surface area contributed by atoms with Gasteiger partial charge in [0.2, 0.25) is 5.91 Å². The molecule has 2 aliphatic rings. The van der Waals surface area contributed by atoms with Gasteiger partial charge < -0.3 is 10.2 Å². The molecule has 0 aromatic carbocycles. The van der Waals surface area contributed by atoms with Gasteiger partial charge in [-0.15, -0.1) is 0 Å². The molecule has 0 spiro atoms. The highest BCUT2D eigenvalue weighted by molar-refractivity contribution is 5.82. The van der Waals surface area contributed by atoms with Crippen LogP contribution in [0.15, 0.2) is 12.4 Å². The second kappa shape index (κ2) is 5.56. The lowest BCUT2D eigenvalue weighted by Crippen LogP contribution is -2.43. The van der Waals surface area contributed by atoms with E-state index in [0.29, 0.717) is 18.5 Å². The number of fused-ring (bicyclic) bond motifs is 1. The van der Waals surface area contributed by atoms with Crippen LogP contribution in [0.2, 0.25) is 0 Å². The van der Waals surface area contributed by atoms with Gasteiger partial charge in [-0.25, -0.2) is 0 Å². The van der Waals surface area contributed by atoms with E-state index in [4.69, 9.17) is 0 Å². The van der Waals surface area contributed by atoms with Gasteiger partial charge in [-0.3, -0.25) is 9.48 Å². The lowest BCUT2D eigenvalue weighted by molar-refractivity contribution is -0.132. The molecule has 1 saturated carbocycles. The molecule has 1 N–H and O–H groups in total. The number of likely N-dealkylation sites (N-methyl/N-ethyl adjacent to an activating group) is 1. The average molecular weight is 276 g/mol. The molecule has 3 unspecified atom stereocenters. The van der Waals surface area contributed by atoms with E-state index in [0.717, 1.165) is 12.0 Å². The molecule has 1 aromatic rings. The molecule has 5 heteroatoms. The standard InChI is InChI=1S/C15H24N4O/c1-18(9-11-8-16-19(2)10-11)15(20)14-7-12-5-3-4-6-13(12)17-14/h8,10,12-14,17H,3-7,9H2,1-2H3. The Balaban J connectivity index is 1.58. The van der Waals surface area contributed by atoms with Crippen LogP contribution >= 0.6 is 0 Å². The number of nitrogens with one attached hydrogen (secondary N) is 1. The van der Waals surface area contributed by atoms with Crippen molar-refractivity contribution < 1.29 is 4.79 Å². The Morgan fingerprint density at radius 1 is 1.50 bits per heavy atom. The van der Waals surface area contributed by atoms with Crippen molar-refractivity contribution in [3.05, 3.63) is 18.0 Å². The van der Waals surface area contributed by atoms with Crippen molar-refractivity contribution in [2.75, 3.05) is 7.05 Å². The van der Waals surface area contributed by atoms with Crippen LogP contribution < -0.4 is 5.32 Å². The minimum Gasteiger partial charge on any atom is -0.340 e. The summed E-state index contributed by atoms with van der Waals surface area (Å²) in [6.07, 6.45) is 9.96. The molecule has 1 aliphatic heterocycles. The highest BCUT2D eigenvalue weighted by Crippen LogP contribution is 2.33. The summed E-state index contributed by atoms with van der Waals surface area (Å²) in [4.78, 5) is 14.4. The fourth-order valence-electron chi connectivity index (χ4n) is 3.68. The minimum absolute atomic E-state index is 0.0183. The number of nitrogens with zero attached hydrogens (tertiary/aromatic N) is 3. The second-order valence-corrected chi connectivity index (χ2v) is 6.32. The SMILES string of the molecule is CN(Cc1cnn(C)c1)C(=O)C1CC2CCCCC2N1. The van der Waals surface area contributed by atoms with Crippen LogP contribution in [-0.2, 0) is 18.4 Å². The smallest absolute Gasteiger partial charge is 0.239 e. The number of amides is 1. The van der Waals surface area contributed by atoms with Gasteiger partial charge in [0.15, 0.2) is 0 Å². The van der Waals surface area contributed by atoms with Gasteiger partial charge in [0, 0.05) is 38.4 Å². The van der Waals surface area contributed by atoms with Crippen molar-refractivity contribution in [1.82, 2.24) is 20.0 Å². The lowest BCUT2D eigenvalue weighted by atomic mass is 9.85. The highest BCUT2D eigenvalue weighted by Gasteiger charge is 2.39. The Morgan fingerprint density at radius 2 is 2.30 bits per heavy atom. The third-order valence-corrected chi connectivity index (χ3v) is 4.72. The number of carbonyl (C=O) groups is 1. The predicted molar refractivity (Wildman–Crippen MR) is 77.0 cm³/mol. The van der Waals surface area contributed by atoms with Gasteiger partial charge in [-0.05, 0) is 25.2 Å². The first kappa shape index (κ1) is 13.6. The van der Waals surface area contributed by atoms with E-state index in [1.807, 2.05) is 31.4 Å². The van der Waals surface area contributed by atoms with Crippen LogP contribution in [0.1, 0.15) is 37.7 Å². The third kappa shape index (κ3) is 2.73. The fourth-order valence-corrected chi connectivity index (χ4v) is 3.68. The van der Waals surface area contributed by atoms with Crippen molar-refractivity contribution in [1.29, 1.82) is 0 Å². The Morgan fingerprint density at radius 3 is 3.00 bits per heavy atom. The Bertz CT molecular complexity index is 470. The first-order chi connectivity index (χ1) is 9.63. The Hall–Kier alpha value is -1.36. The molecule has 1 aromatic heterocycles. The van der Waals surface area contributed by atoms with Gasteiger partial charge in [0.25, 0.3) is 0 Å². The molecule has 20 heavy (non-hydrogen) atoms. The number of rotatable bonds is 3. The van der Waals surface area contributed by atoms with E-state index in [2.05, 4.69) is 10.4 Å². The molecule has 2 fully saturated rings. The number of aryl methyl sites for hydroxylation is 1. The summed E-state index contributed by atoms with van der Waals surface area (Å²) in [5.74, 6) is 0.938. The van der Waals surface area contributed by atoms with Crippen molar-refractivity contribution in [3.8, 4) is 0 Å². The fraction of sp³-hybridized carbons (Fsp3) is 0.733. The number of hydrogen-bond acceptors (Lipinski definition) is 3. The van der Waals surface area contributed by atoms with Crippen LogP contribution in [0, 0.1) is 5.92 Å². The summed E-state index contributed by atoms with van der Waals surface area (Å²) < 4.78 is 1.77. The van der Waals surface area contributed by atoms with Crippen molar-refractivity contribution in [2.45, 2.75) is 50.7 Å². The monoisotopic (exact) mass is 276 g/mol. The van der Waals surface area contributed by atoms with E-state index >= 15 is 0 Å². The Kier molecular flexibility index (Phi) is 3.78. The topological polar surface area (TPSA) is 50.2 Å². The third-order valence-electron chi connectivity index (χ3n) is 4.72. The number of hydrogen-bond donors (Lipinski definition) is 1. The van der Waals surface area contributed by atoms with E-state index in [-0.39, 0.29) is 11.9 Å². The zero-order chi connectivity index (χ0) is 14.1. The maximum atomic E-state index is 12.5. The molecule has 3 atom stereocenters. The van der Waals surface area contributed by atoms with E-state index < -0.39 is 0 Å². The normalized spacial score (nSPS) is 29.2. The molecule has 110 valence electrons. The summed E-state index contributed by atoms with van der Waals surface area (Å²) in [6, 6.07) is 0.592. The summed E-state index contributed by atoms with van der Waals surface area (Å²) in [7, 11) is 3.79. The van der Waals surface area contributed by atoms with Gasteiger partial charge >= 0.3 is 0 Å². The van der Waals surface area contributed by atoms with Crippen LogP contribution in [-0.4, -0.2) is 39.7 Å². The summed E-state index contributed by atoms with van der Waals surface area (Å²) in [5.41, 5.74) is 1.08. The quantitative estimate of drug-likeness (QED) is 0.905. The molecular formula is C15H24N4O. The van der Waals surface area contributed by atoms with Crippen LogP contribution in [0.4, 0.5) is 0 Å². The maximum Gasteiger partial charge on any atom is 0.239 e. The molecule has 3 rings (SSSR count). The molecule has 1 aliphatic carbocycles. The van der Waals surface area contributed by atoms with Crippen LogP contribution in [0.3, 0.4) is 0 Å². The van der Waals surface area contributed by atoms with Crippen LogP contribution in [0.25, 0.3) is 0 Å². The number of aromatic nitrogens is 2. The largest absolute Gasteiger partial charge is 0.340 e. The number of carbonyl (C=O) groups excluding carboxylic acids is 1. The average Bonchev–Trinajstić information content (AvgIpc) is 3.03. The van der Waals surface area contributed by atoms with E-state index in [9.17, 15) is 4.79 Å². The van der Waals surface area contributed by atoms with Gasteiger partial charge in [0.1, 0.15) is 0 Å². The Labute approximate surface area is 120 Å². The van der Waals surface area contributed by atoms with Crippen molar-refractivity contribution in [2.24, 2.45) is 13.0 Å². The van der Waals surface area contributed by atoms with Gasteiger partial charge in [0.05, 0.1) is 12.2 Å². The first-order valence-electron chi connectivity index (χ1n) is 7.62. The molecule has 5 nitrogen and oxygen atoms in total. The highest BCUT2D eigenvalue weighted by atomic mass is 16.2. The molecule has 0 bridgehead atoms. The molecular weight excluding hydrogens is 252 g/mol. The first-order valence-corrected chi connectivity index (χ1v) is 7.62. The van der Waals surface area contributed by atoms with Gasteiger partial charge in [-0.1, -0.05) is 12.8 Å². The molecule has 0 radical (unpaired) electrons. The zero-order valence-electron chi connectivity index (χ0n) is 12.4. The molecule has 1 amide bonds. The second-order valence-electron chi connectivity index (χ2n) is 6.32. The maximum absolute atomic E-state index is 12.5. The summed E-state index contributed by atoms with van der Waals surface area (Å²) >= 11 is 0. The summed E-state index contributed by atoms with van der Waals surface area (Å²) in [5, 5.41) is 7.70. The van der Waals surface area contributed by atoms with Gasteiger partial charge in [-0.2, -0.15) is 5.10 Å². The lowest BCUT2D eigenvalue weighted by Gasteiger charge is -2.24.